The Morgan fingerprint density at radius 1 is 1.57 bits per heavy atom. The number of hydrogen-bond donors (Lipinski definition) is 1. The topological polar surface area (TPSA) is 73.7 Å². The van der Waals surface area contributed by atoms with Crippen molar-refractivity contribution in [1.29, 1.82) is 5.26 Å². The molecule has 0 atom stereocenters. The van der Waals surface area contributed by atoms with Gasteiger partial charge in [-0.15, -0.1) is 0 Å². The molecule has 0 fully saturated rings. The fourth-order valence-electron chi connectivity index (χ4n) is 0.997. The van der Waals surface area contributed by atoms with Crippen LogP contribution in [0.4, 0.5) is 8.78 Å². The second kappa shape index (κ2) is 3.79. The van der Waals surface area contributed by atoms with Gasteiger partial charge in [0.25, 0.3) is 12.0 Å². The van der Waals surface area contributed by atoms with E-state index in [1.54, 1.807) is 0 Å². The van der Waals surface area contributed by atoms with Gasteiger partial charge in [0.15, 0.2) is 6.29 Å². The van der Waals surface area contributed by atoms with Gasteiger partial charge in [-0.2, -0.15) is 5.26 Å². The number of nitriles is 1. The van der Waals surface area contributed by atoms with Gasteiger partial charge in [-0.1, -0.05) is 0 Å². The summed E-state index contributed by atoms with van der Waals surface area (Å²) >= 11 is 0. The summed E-state index contributed by atoms with van der Waals surface area (Å²) in [5.74, 6) is 0. The number of halogens is 2. The molecule has 0 aromatic carbocycles. The third-order valence-corrected chi connectivity index (χ3v) is 1.63. The Labute approximate surface area is 76.8 Å². The summed E-state index contributed by atoms with van der Waals surface area (Å²) in [5, 5.41) is 8.47. The predicted molar refractivity (Wildman–Crippen MR) is 42.1 cm³/mol. The highest BCUT2D eigenvalue weighted by Gasteiger charge is 2.20. The standard InChI is InChI=1S/C8H4F2N2O2/c9-7(10)6-5(3-13)4(1-11)2-12-8(6)14/h2-3,7H,(H,12,14). The number of nitrogens with zero attached hydrogens (tertiary/aromatic N) is 1. The zero-order valence-electron chi connectivity index (χ0n) is 6.75. The molecule has 0 aliphatic rings. The van der Waals surface area contributed by atoms with Gasteiger partial charge < -0.3 is 4.98 Å². The molecule has 0 saturated carbocycles. The third kappa shape index (κ3) is 1.52. The average molecular weight is 198 g/mol. The number of pyridine rings is 1. The Morgan fingerprint density at radius 3 is 2.64 bits per heavy atom. The number of carbonyl (C=O) groups excluding carboxylic acids is 1. The van der Waals surface area contributed by atoms with E-state index in [1.807, 2.05) is 4.98 Å². The number of rotatable bonds is 2. The fraction of sp³-hybridized carbons (Fsp3) is 0.125. The van der Waals surface area contributed by atoms with Crippen molar-refractivity contribution < 1.29 is 13.6 Å². The molecular weight excluding hydrogens is 194 g/mol. The van der Waals surface area contributed by atoms with E-state index in [1.165, 1.54) is 6.07 Å². The van der Waals surface area contributed by atoms with Gasteiger partial charge in [-0.25, -0.2) is 8.78 Å². The minimum absolute atomic E-state index is 0.0787. The maximum absolute atomic E-state index is 12.3. The highest BCUT2D eigenvalue weighted by atomic mass is 19.3. The van der Waals surface area contributed by atoms with E-state index in [9.17, 15) is 18.4 Å². The van der Waals surface area contributed by atoms with Crippen molar-refractivity contribution in [2.45, 2.75) is 6.43 Å². The number of aromatic nitrogens is 1. The van der Waals surface area contributed by atoms with Crippen molar-refractivity contribution in [2.24, 2.45) is 0 Å². The van der Waals surface area contributed by atoms with Crippen LogP contribution in [0.5, 0.6) is 0 Å². The Kier molecular flexibility index (Phi) is 2.72. The normalized spacial score (nSPS) is 9.86. The third-order valence-electron chi connectivity index (χ3n) is 1.63. The Balaban J connectivity index is 3.61. The van der Waals surface area contributed by atoms with E-state index >= 15 is 0 Å². The predicted octanol–water partition coefficient (Wildman–Crippen LogP) is 0.997. The van der Waals surface area contributed by atoms with E-state index in [4.69, 9.17) is 5.26 Å². The Hall–Kier alpha value is -2.03. The zero-order valence-corrected chi connectivity index (χ0v) is 6.75. The molecule has 0 spiro atoms. The van der Waals surface area contributed by atoms with Gasteiger partial charge in [-0.3, -0.25) is 9.59 Å². The summed E-state index contributed by atoms with van der Waals surface area (Å²) in [4.78, 5) is 23.3. The van der Waals surface area contributed by atoms with Crippen molar-refractivity contribution in [3.8, 4) is 6.07 Å². The summed E-state index contributed by atoms with van der Waals surface area (Å²) in [5.41, 5.74) is -2.83. The second-order valence-electron chi connectivity index (χ2n) is 2.39. The van der Waals surface area contributed by atoms with Crippen molar-refractivity contribution in [3.05, 3.63) is 33.2 Å². The van der Waals surface area contributed by atoms with Gasteiger partial charge in [0, 0.05) is 11.8 Å². The molecule has 0 radical (unpaired) electrons. The van der Waals surface area contributed by atoms with Crippen LogP contribution in [0.1, 0.15) is 27.9 Å². The number of H-pyrrole nitrogens is 1. The van der Waals surface area contributed by atoms with Gasteiger partial charge in [-0.05, 0) is 0 Å². The maximum atomic E-state index is 12.3. The molecule has 1 aromatic heterocycles. The Morgan fingerprint density at radius 2 is 2.21 bits per heavy atom. The zero-order chi connectivity index (χ0) is 10.7. The summed E-state index contributed by atoms with van der Waals surface area (Å²) in [6.07, 6.45) is -2.07. The molecule has 0 bridgehead atoms. The van der Waals surface area contributed by atoms with E-state index in [0.717, 1.165) is 6.20 Å². The second-order valence-corrected chi connectivity index (χ2v) is 2.39. The molecule has 0 aliphatic heterocycles. The monoisotopic (exact) mass is 198 g/mol. The molecule has 0 amide bonds. The van der Waals surface area contributed by atoms with Crippen LogP contribution in [0.3, 0.4) is 0 Å². The van der Waals surface area contributed by atoms with Gasteiger partial charge >= 0.3 is 0 Å². The quantitative estimate of drug-likeness (QED) is 0.720. The van der Waals surface area contributed by atoms with Crippen LogP contribution < -0.4 is 5.56 Å². The molecule has 1 N–H and O–H groups in total. The van der Waals surface area contributed by atoms with Crippen LogP contribution in [0.25, 0.3) is 0 Å². The first kappa shape index (κ1) is 10.1. The molecule has 1 heterocycles. The lowest BCUT2D eigenvalue weighted by Crippen LogP contribution is -2.17. The van der Waals surface area contributed by atoms with Crippen molar-refractivity contribution >= 4 is 6.29 Å². The highest BCUT2D eigenvalue weighted by molar-refractivity contribution is 5.81. The fourth-order valence-corrected chi connectivity index (χ4v) is 0.997. The molecule has 4 nitrogen and oxygen atoms in total. The molecule has 1 rings (SSSR count). The van der Waals surface area contributed by atoms with E-state index < -0.39 is 23.1 Å². The summed E-state index contributed by atoms with van der Waals surface area (Å²) in [7, 11) is 0. The SMILES string of the molecule is N#Cc1c[nH]c(=O)c(C(F)F)c1C=O. The lowest BCUT2D eigenvalue weighted by atomic mass is 10.1. The van der Waals surface area contributed by atoms with Crippen LogP contribution in [0.15, 0.2) is 11.0 Å². The number of aromatic amines is 1. The van der Waals surface area contributed by atoms with Gasteiger partial charge in [0.2, 0.25) is 0 Å². The average Bonchev–Trinajstić information content (AvgIpc) is 2.16. The molecule has 6 heteroatoms. The Bertz CT molecular complexity index is 459. The number of carbonyl (C=O) groups is 1. The molecular formula is C8H4F2N2O2. The summed E-state index contributed by atoms with van der Waals surface area (Å²) < 4.78 is 24.6. The van der Waals surface area contributed by atoms with E-state index in [0.29, 0.717) is 0 Å². The van der Waals surface area contributed by atoms with E-state index in [2.05, 4.69) is 0 Å². The molecule has 0 unspecified atom stereocenters. The van der Waals surface area contributed by atoms with Crippen LogP contribution in [0.2, 0.25) is 0 Å². The lowest BCUT2D eigenvalue weighted by Gasteiger charge is -2.02. The van der Waals surface area contributed by atoms with Crippen LogP contribution in [0, 0.1) is 11.3 Å². The van der Waals surface area contributed by atoms with Crippen molar-refractivity contribution in [2.75, 3.05) is 0 Å². The first-order valence-electron chi connectivity index (χ1n) is 3.50. The van der Waals surface area contributed by atoms with Crippen molar-refractivity contribution in [3.63, 3.8) is 0 Å². The van der Waals surface area contributed by atoms with Crippen molar-refractivity contribution in [1.82, 2.24) is 4.98 Å². The smallest absolute Gasteiger partial charge is 0.269 e. The largest absolute Gasteiger partial charge is 0.327 e. The number of nitrogens with one attached hydrogen (secondary N) is 1. The molecule has 72 valence electrons. The highest BCUT2D eigenvalue weighted by Crippen LogP contribution is 2.19. The maximum Gasteiger partial charge on any atom is 0.269 e. The van der Waals surface area contributed by atoms with Crippen LogP contribution in [-0.2, 0) is 0 Å². The summed E-state index contributed by atoms with van der Waals surface area (Å²) in [6, 6.07) is 1.53. The molecule has 14 heavy (non-hydrogen) atoms. The number of alkyl halides is 2. The van der Waals surface area contributed by atoms with Gasteiger partial charge in [0.05, 0.1) is 11.1 Å². The van der Waals surface area contributed by atoms with E-state index in [-0.39, 0.29) is 11.8 Å². The summed E-state index contributed by atoms with van der Waals surface area (Å²) in [6.45, 7) is 0. The van der Waals surface area contributed by atoms with Gasteiger partial charge in [0.1, 0.15) is 6.07 Å². The first-order valence-corrected chi connectivity index (χ1v) is 3.50. The van der Waals surface area contributed by atoms with Crippen LogP contribution in [-0.4, -0.2) is 11.3 Å². The van der Waals surface area contributed by atoms with Crippen LogP contribution >= 0.6 is 0 Å². The molecule has 0 saturated heterocycles. The minimum Gasteiger partial charge on any atom is -0.327 e. The molecule has 1 aromatic rings. The molecule has 0 aliphatic carbocycles. The minimum atomic E-state index is -3.08. The lowest BCUT2D eigenvalue weighted by molar-refractivity contribution is 0.110. The number of hydrogen-bond acceptors (Lipinski definition) is 3. The first-order chi connectivity index (χ1) is 6.61. The number of aldehydes is 1.